The highest BCUT2D eigenvalue weighted by Crippen LogP contribution is 2.23. The first-order valence-electron chi connectivity index (χ1n) is 10.3. The smallest absolute Gasteiger partial charge is 0.223 e. The number of benzene rings is 2. The summed E-state index contributed by atoms with van der Waals surface area (Å²) in [6.45, 7) is 3.37. The molecule has 10 heteroatoms. The lowest BCUT2D eigenvalue weighted by Crippen LogP contribution is -2.48. The third kappa shape index (κ3) is 5.06. The van der Waals surface area contributed by atoms with Crippen LogP contribution in [0.3, 0.4) is 0 Å². The second kappa shape index (κ2) is 9.35. The summed E-state index contributed by atoms with van der Waals surface area (Å²) in [4.78, 5) is 17.4. The van der Waals surface area contributed by atoms with Crippen LogP contribution >= 0.6 is 22.9 Å². The Balaban J connectivity index is 1.32. The number of fused-ring (bicyclic) bond motifs is 1. The molecule has 1 amide bonds. The summed E-state index contributed by atoms with van der Waals surface area (Å²) < 4.78 is 27.5. The molecule has 1 saturated heterocycles. The molecule has 2 aromatic carbocycles. The number of hydrogen-bond donors (Lipinski definition) is 1. The van der Waals surface area contributed by atoms with Crippen molar-refractivity contribution >= 4 is 49.5 Å². The van der Waals surface area contributed by atoms with Gasteiger partial charge in [0.1, 0.15) is 0 Å². The Kier molecular flexibility index (Phi) is 6.71. The Morgan fingerprint density at radius 2 is 1.78 bits per heavy atom. The van der Waals surface area contributed by atoms with Crippen LogP contribution < -0.4 is 4.80 Å². The maximum Gasteiger partial charge on any atom is 0.223 e. The predicted molar refractivity (Wildman–Crippen MR) is 127 cm³/mol. The van der Waals surface area contributed by atoms with Crippen LogP contribution in [0.15, 0.2) is 46.7 Å². The summed E-state index contributed by atoms with van der Waals surface area (Å²) in [7, 11) is -1.67. The quantitative estimate of drug-likeness (QED) is 0.573. The fourth-order valence-electron chi connectivity index (χ4n) is 3.83. The number of nitrogens with one attached hydrogen (secondary N) is 1. The molecule has 0 unspecified atom stereocenters. The van der Waals surface area contributed by atoms with Crippen molar-refractivity contribution in [3.63, 3.8) is 0 Å². The Morgan fingerprint density at radius 3 is 2.47 bits per heavy atom. The number of rotatable bonds is 6. The van der Waals surface area contributed by atoms with Gasteiger partial charge in [-0.3, -0.25) is 15.1 Å². The van der Waals surface area contributed by atoms with E-state index in [-0.39, 0.29) is 23.0 Å². The highest BCUT2D eigenvalue weighted by molar-refractivity contribution is 7.91. The molecule has 1 aromatic heterocycles. The highest BCUT2D eigenvalue weighted by atomic mass is 35.5. The fraction of sp³-hybridized carbons (Fsp3) is 0.364. The van der Waals surface area contributed by atoms with Crippen molar-refractivity contribution in [1.29, 1.82) is 5.41 Å². The lowest BCUT2D eigenvalue weighted by molar-refractivity contribution is -0.132. The zero-order chi connectivity index (χ0) is 22.9. The van der Waals surface area contributed by atoms with E-state index in [1.807, 2.05) is 17.0 Å². The molecule has 0 bridgehead atoms. The first-order valence-corrected chi connectivity index (χ1v) is 13.2. The topological polar surface area (TPSA) is 86.5 Å². The third-order valence-electron chi connectivity index (χ3n) is 5.87. The molecule has 3 aromatic rings. The molecule has 0 radical (unpaired) electrons. The second-order valence-corrected chi connectivity index (χ2v) is 11.4. The summed E-state index contributed by atoms with van der Waals surface area (Å²) in [5.41, 5.74) is 1.09. The van der Waals surface area contributed by atoms with Crippen LogP contribution in [0.2, 0.25) is 5.02 Å². The first-order chi connectivity index (χ1) is 15.2. The molecule has 0 atom stereocenters. The molecule has 32 heavy (non-hydrogen) atoms. The van der Waals surface area contributed by atoms with E-state index in [1.54, 1.807) is 41.3 Å². The van der Waals surface area contributed by atoms with Gasteiger partial charge in [-0.1, -0.05) is 23.7 Å². The number of carbonyl (C=O) groups excluding carboxylic acids is 1. The summed E-state index contributed by atoms with van der Waals surface area (Å²) in [5.74, 6) is -0.336. The van der Waals surface area contributed by atoms with Crippen LogP contribution in [-0.2, 0) is 28.2 Å². The Bertz CT molecular complexity index is 1310. The van der Waals surface area contributed by atoms with Gasteiger partial charge in [-0.25, -0.2) is 8.42 Å². The maximum absolute atomic E-state index is 12.8. The monoisotopic (exact) mass is 492 g/mol. The van der Waals surface area contributed by atoms with E-state index >= 15 is 0 Å². The summed E-state index contributed by atoms with van der Waals surface area (Å²) >= 11 is 7.40. The van der Waals surface area contributed by atoms with Gasteiger partial charge in [-0.2, -0.15) is 0 Å². The first kappa shape index (κ1) is 23.0. The minimum absolute atomic E-state index is 0.0251. The van der Waals surface area contributed by atoms with E-state index in [4.69, 9.17) is 17.0 Å². The number of halogens is 1. The minimum atomic E-state index is -3.56. The van der Waals surface area contributed by atoms with Crippen molar-refractivity contribution in [2.45, 2.75) is 17.9 Å². The van der Waals surface area contributed by atoms with Crippen LogP contribution in [-0.4, -0.2) is 60.6 Å². The van der Waals surface area contributed by atoms with Gasteiger partial charge in [0.15, 0.2) is 14.6 Å². The molecular formula is C22H25ClN4O3S2. The molecule has 1 aliphatic rings. The van der Waals surface area contributed by atoms with Crippen LogP contribution in [0.1, 0.15) is 12.1 Å². The summed E-state index contributed by atoms with van der Waals surface area (Å²) in [5, 5.41) is 12.1. The van der Waals surface area contributed by atoms with Gasteiger partial charge >= 0.3 is 0 Å². The van der Waals surface area contributed by atoms with Crippen LogP contribution in [0.25, 0.3) is 10.8 Å². The van der Waals surface area contributed by atoms with Gasteiger partial charge in [-0.05, 0) is 35.0 Å². The number of amides is 1. The minimum Gasteiger partial charge on any atom is -0.340 e. The van der Waals surface area contributed by atoms with Crippen molar-refractivity contribution < 1.29 is 13.2 Å². The van der Waals surface area contributed by atoms with Crippen molar-refractivity contribution in [2.75, 3.05) is 31.9 Å². The number of nitrogens with zero attached hydrogens (tertiary/aromatic N) is 3. The van der Waals surface area contributed by atoms with Gasteiger partial charge in [-0.15, -0.1) is 11.3 Å². The number of piperazine rings is 1. The van der Waals surface area contributed by atoms with Gasteiger partial charge < -0.3 is 9.47 Å². The Labute approximate surface area is 196 Å². The lowest BCUT2D eigenvalue weighted by atomic mass is 10.1. The summed E-state index contributed by atoms with van der Waals surface area (Å²) in [6, 6.07) is 10.3. The molecule has 0 saturated carbocycles. The van der Waals surface area contributed by atoms with Gasteiger partial charge in [0.05, 0.1) is 10.6 Å². The third-order valence-corrected chi connectivity index (χ3v) is 8.71. The largest absolute Gasteiger partial charge is 0.340 e. The van der Waals surface area contributed by atoms with Crippen molar-refractivity contribution in [3.8, 4) is 0 Å². The highest BCUT2D eigenvalue weighted by Gasteiger charge is 2.24. The molecule has 170 valence electrons. The maximum atomic E-state index is 12.8. The molecule has 1 N–H and O–H groups in total. The fourth-order valence-corrected chi connectivity index (χ4v) is 6.02. The van der Waals surface area contributed by atoms with Crippen molar-refractivity contribution in [1.82, 2.24) is 14.4 Å². The van der Waals surface area contributed by atoms with Crippen LogP contribution in [0.5, 0.6) is 0 Å². The number of hydrogen-bond acceptors (Lipinski definition) is 6. The van der Waals surface area contributed by atoms with Crippen LogP contribution in [0, 0.1) is 5.41 Å². The zero-order valence-corrected chi connectivity index (χ0v) is 20.1. The molecule has 2 heterocycles. The zero-order valence-electron chi connectivity index (χ0n) is 17.8. The predicted octanol–water partition coefficient (Wildman–Crippen LogP) is 2.88. The van der Waals surface area contributed by atoms with Gasteiger partial charge in [0.2, 0.25) is 5.91 Å². The van der Waals surface area contributed by atoms with E-state index in [1.165, 1.54) is 11.3 Å². The van der Waals surface area contributed by atoms with Gasteiger partial charge in [0, 0.05) is 62.3 Å². The van der Waals surface area contributed by atoms with E-state index in [0.29, 0.717) is 22.9 Å². The lowest BCUT2D eigenvalue weighted by Gasteiger charge is -2.34. The molecule has 4 rings (SSSR count). The summed E-state index contributed by atoms with van der Waals surface area (Å²) in [6.07, 6.45) is -0.0251. The number of carbonyl (C=O) groups is 1. The molecule has 7 nitrogen and oxygen atoms in total. The average Bonchev–Trinajstić information content (AvgIpc) is 3.09. The number of thiazole rings is 1. The Hall–Kier alpha value is -2.20. The number of sulfone groups is 1. The molecule has 0 spiro atoms. The molecule has 1 fully saturated rings. The van der Waals surface area contributed by atoms with E-state index in [2.05, 4.69) is 4.90 Å². The SMILES string of the molecule is Cn1c(CN2CCN(C(=O)CCS(=O)(=O)c3ccc4cc(Cl)ccc4c3)CC2)csc1=N. The standard InChI is InChI=1S/C22H25ClN4O3S2/c1-25-19(15-31-22(25)24)14-26-7-9-27(10-8-26)21(28)6-11-32(29,30)20-5-3-16-12-18(23)4-2-17(16)13-20/h2-5,12-13,15,24H,6-11,14H2,1H3. The number of aromatic nitrogens is 1. The molecular weight excluding hydrogens is 468 g/mol. The Morgan fingerprint density at radius 1 is 1.09 bits per heavy atom. The van der Waals surface area contributed by atoms with Crippen LogP contribution in [0.4, 0.5) is 0 Å². The van der Waals surface area contributed by atoms with Crippen molar-refractivity contribution in [3.05, 3.63) is 57.3 Å². The second-order valence-electron chi connectivity index (χ2n) is 7.97. The van der Waals surface area contributed by atoms with Crippen molar-refractivity contribution in [2.24, 2.45) is 7.05 Å². The van der Waals surface area contributed by atoms with E-state index < -0.39 is 9.84 Å². The molecule has 0 aliphatic carbocycles. The average molecular weight is 493 g/mol. The van der Waals surface area contributed by atoms with Gasteiger partial charge in [0.25, 0.3) is 0 Å². The normalized spacial score (nSPS) is 15.4. The van der Waals surface area contributed by atoms with E-state index in [0.717, 1.165) is 36.1 Å². The van der Waals surface area contributed by atoms with E-state index in [9.17, 15) is 13.2 Å². The molecule has 1 aliphatic heterocycles.